The maximum Gasteiger partial charge on any atom is 0.330 e. The minimum absolute atomic E-state index is 0.116. The summed E-state index contributed by atoms with van der Waals surface area (Å²) in [5.74, 6) is -3.06. The first kappa shape index (κ1) is 25.0. The first-order chi connectivity index (χ1) is 17.7. The average Bonchev–Trinajstić information content (AvgIpc) is 3.28. The molecule has 2 aliphatic rings. The van der Waals surface area contributed by atoms with Crippen LogP contribution in [0.4, 0.5) is 0 Å². The van der Waals surface area contributed by atoms with Gasteiger partial charge >= 0.3 is 11.9 Å². The number of nitrogens with zero attached hydrogens (tertiary/aromatic N) is 2. The molecule has 0 spiro atoms. The number of imide groups is 2. The van der Waals surface area contributed by atoms with Gasteiger partial charge in [-0.15, -0.1) is 0 Å². The lowest BCUT2D eigenvalue weighted by molar-refractivity contribution is -0.138. The Bertz CT molecular complexity index is 1270. The molecule has 0 aliphatic carbocycles. The number of rotatable bonds is 10. The Labute approximate surface area is 210 Å². The quantitative estimate of drug-likeness (QED) is 0.271. The van der Waals surface area contributed by atoms with Crippen LogP contribution in [0.5, 0.6) is 11.5 Å². The summed E-state index contributed by atoms with van der Waals surface area (Å²) in [7, 11) is 0. The standard InChI is InChI=1S/C26H20N2O9/c1-3-21(29)35-11-9-27-23(31)17-7-5-15(13-19(17)25(27)33)37-16-6-8-18-20(14-16)26(34)28(24(18)32)10-12-36-22(30)4-2/h3-8,13-14H,1-2,9-12H2. The molecule has 188 valence electrons. The Morgan fingerprint density at radius 1 is 0.649 bits per heavy atom. The van der Waals surface area contributed by atoms with Gasteiger partial charge in [-0.2, -0.15) is 0 Å². The van der Waals surface area contributed by atoms with Crippen molar-refractivity contribution in [2.75, 3.05) is 26.3 Å². The molecule has 2 aromatic rings. The summed E-state index contributed by atoms with van der Waals surface area (Å²) >= 11 is 0. The molecule has 0 atom stereocenters. The molecule has 0 saturated heterocycles. The second-order valence-electron chi connectivity index (χ2n) is 7.78. The van der Waals surface area contributed by atoms with Crippen LogP contribution < -0.4 is 4.74 Å². The van der Waals surface area contributed by atoms with Crippen molar-refractivity contribution in [2.45, 2.75) is 0 Å². The molecule has 0 bridgehead atoms. The molecule has 2 aromatic carbocycles. The maximum absolute atomic E-state index is 12.7. The van der Waals surface area contributed by atoms with Crippen molar-refractivity contribution in [3.8, 4) is 11.5 Å². The van der Waals surface area contributed by atoms with E-state index in [0.29, 0.717) is 0 Å². The average molecular weight is 504 g/mol. The number of hydrogen-bond donors (Lipinski definition) is 0. The van der Waals surface area contributed by atoms with E-state index >= 15 is 0 Å². The van der Waals surface area contributed by atoms with Gasteiger partial charge in [-0.3, -0.25) is 29.0 Å². The third kappa shape index (κ3) is 4.87. The number of ether oxygens (including phenoxy) is 3. The summed E-state index contributed by atoms with van der Waals surface area (Å²) in [5.41, 5.74) is 0.584. The zero-order valence-electron chi connectivity index (χ0n) is 19.4. The molecule has 0 N–H and O–H groups in total. The van der Waals surface area contributed by atoms with Gasteiger partial charge in [0.15, 0.2) is 0 Å². The molecule has 4 amide bonds. The highest BCUT2D eigenvalue weighted by Gasteiger charge is 2.37. The van der Waals surface area contributed by atoms with Crippen LogP contribution in [0.2, 0.25) is 0 Å². The largest absolute Gasteiger partial charge is 0.461 e. The molecule has 2 aliphatic heterocycles. The fourth-order valence-corrected chi connectivity index (χ4v) is 3.80. The number of esters is 2. The fourth-order valence-electron chi connectivity index (χ4n) is 3.80. The van der Waals surface area contributed by atoms with Gasteiger partial charge in [0.05, 0.1) is 35.3 Å². The summed E-state index contributed by atoms with van der Waals surface area (Å²) in [5, 5.41) is 0. The van der Waals surface area contributed by atoms with Gasteiger partial charge in [0, 0.05) is 12.2 Å². The Morgan fingerprint density at radius 3 is 1.41 bits per heavy atom. The van der Waals surface area contributed by atoms with Gasteiger partial charge in [-0.05, 0) is 36.4 Å². The lowest BCUT2D eigenvalue weighted by Crippen LogP contribution is -2.33. The van der Waals surface area contributed by atoms with Crippen molar-refractivity contribution in [2.24, 2.45) is 0 Å². The number of carbonyl (C=O) groups is 6. The summed E-state index contributed by atoms with van der Waals surface area (Å²) in [6.07, 6.45) is 1.96. The minimum atomic E-state index is -0.666. The van der Waals surface area contributed by atoms with E-state index in [1.54, 1.807) is 0 Å². The number of fused-ring (bicyclic) bond motifs is 2. The monoisotopic (exact) mass is 504 g/mol. The highest BCUT2D eigenvalue weighted by molar-refractivity contribution is 6.22. The van der Waals surface area contributed by atoms with Gasteiger partial charge in [-0.1, -0.05) is 13.2 Å². The van der Waals surface area contributed by atoms with E-state index < -0.39 is 35.6 Å². The Kier molecular flexibility index (Phi) is 6.96. The van der Waals surface area contributed by atoms with Crippen molar-refractivity contribution < 1.29 is 43.0 Å². The molecule has 2 heterocycles. The molecule has 37 heavy (non-hydrogen) atoms. The third-order valence-electron chi connectivity index (χ3n) is 5.57. The molecular weight excluding hydrogens is 484 g/mol. The second kappa shape index (κ2) is 10.3. The number of hydrogen-bond acceptors (Lipinski definition) is 9. The van der Waals surface area contributed by atoms with Crippen LogP contribution in [-0.4, -0.2) is 71.7 Å². The van der Waals surface area contributed by atoms with Crippen LogP contribution in [0.1, 0.15) is 41.4 Å². The fraction of sp³-hybridized carbons (Fsp3) is 0.154. The van der Waals surface area contributed by atoms with E-state index in [1.807, 2.05) is 0 Å². The highest BCUT2D eigenvalue weighted by Crippen LogP contribution is 2.32. The minimum Gasteiger partial charge on any atom is -0.461 e. The van der Waals surface area contributed by atoms with E-state index in [2.05, 4.69) is 13.2 Å². The molecule has 0 aromatic heterocycles. The molecular formula is C26H20N2O9. The summed E-state index contributed by atoms with van der Waals surface area (Å²) in [6.45, 7) is 5.97. The Morgan fingerprint density at radius 2 is 1.03 bits per heavy atom. The predicted molar refractivity (Wildman–Crippen MR) is 126 cm³/mol. The van der Waals surface area contributed by atoms with E-state index in [9.17, 15) is 28.8 Å². The third-order valence-corrected chi connectivity index (χ3v) is 5.57. The van der Waals surface area contributed by atoms with Crippen LogP contribution in [-0.2, 0) is 19.1 Å². The number of amides is 4. The topological polar surface area (TPSA) is 137 Å². The van der Waals surface area contributed by atoms with Crippen molar-refractivity contribution >= 4 is 35.6 Å². The van der Waals surface area contributed by atoms with Crippen LogP contribution in [0.15, 0.2) is 61.7 Å². The molecule has 0 radical (unpaired) electrons. The predicted octanol–water partition coefficient (Wildman–Crippen LogP) is 2.13. The summed E-state index contributed by atoms with van der Waals surface area (Å²) < 4.78 is 15.5. The van der Waals surface area contributed by atoms with Gasteiger partial charge in [0.25, 0.3) is 23.6 Å². The molecule has 11 heteroatoms. The summed E-state index contributed by atoms with van der Waals surface area (Å²) in [4.78, 5) is 74.9. The maximum atomic E-state index is 12.7. The first-order valence-electron chi connectivity index (χ1n) is 11.0. The van der Waals surface area contributed by atoms with Crippen molar-refractivity contribution in [3.05, 3.63) is 84.0 Å². The van der Waals surface area contributed by atoms with Gasteiger partial charge < -0.3 is 14.2 Å². The second-order valence-corrected chi connectivity index (χ2v) is 7.78. The summed E-state index contributed by atoms with van der Waals surface area (Å²) in [6, 6.07) is 8.65. The van der Waals surface area contributed by atoms with Crippen molar-refractivity contribution in [1.29, 1.82) is 0 Å². The lowest BCUT2D eigenvalue weighted by Gasteiger charge is -2.13. The molecule has 0 saturated carbocycles. The molecule has 11 nitrogen and oxygen atoms in total. The highest BCUT2D eigenvalue weighted by atomic mass is 16.5. The van der Waals surface area contributed by atoms with E-state index in [4.69, 9.17) is 14.2 Å². The SMILES string of the molecule is C=CC(=O)OCCN1C(=O)c2ccc(Oc3ccc4c(c3)C(=O)N(CCOC(=O)C=C)C4=O)cc2C1=O. The van der Waals surface area contributed by atoms with Crippen LogP contribution in [0.25, 0.3) is 0 Å². The van der Waals surface area contributed by atoms with Crippen LogP contribution in [0, 0.1) is 0 Å². The molecule has 0 fully saturated rings. The smallest absolute Gasteiger partial charge is 0.330 e. The first-order valence-corrected chi connectivity index (χ1v) is 11.0. The van der Waals surface area contributed by atoms with Gasteiger partial charge in [-0.25, -0.2) is 9.59 Å². The normalized spacial score (nSPS) is 13.8. The van der Waals surface area contributed by atoms with Crippen LogP contribution in [0.3, 0.4) is 0 Å². The number of carbonyl (C=O) groups excluding carboxylic acids is 6. The zero-order valence-corrected chi connectivity index (χ0v) is 19.4. The van der Waals surface area contributed by atoms with Crippen LogP contribution >= 0.6 is 0 Å². The van der Waals surface area contributed by atoms with E-state index in [-0.39, 0.29) is 60.1 Å². The van der Waals surface area contributed by atoms with Crippen molar-refractivity contribution in [3.63, 3.8) is 0 Å². The molecule has 4 rings (SSSR count). The Hall–Kier alpha value is -5.06. The zero-order chi connectivity index (χ0) is 26.7. The van der Waals surface area contributed by atoms with Gasteiger partial charge in [0.1, 0.15) is 24.7 Å². The molecule has 0 unspecified atom stereocenters. The van der Waals surface area contributed by atoms with E-state index in [1.165, 1.54) is 36.4 Å². The lowest BCUT2D eigenvalue weighted by atomic mass is 10.1. The van der Waals surface area contributed by atoms with Crippen molar-refractivity contribution in [1.82, 2.24) is 9.80 Å². The Balaban J connectivity index is 1.45. The van der Waals surface area contributed by atoms with E-state index in [0.717, 1.165) is 22.0 Å². The van der Waals surface area contributed by atoms with Gasteiger partial charge in [0.2, 0.25) is 0 Å². The number of benzene rings is 2.